The van der Waals surface area contributed by atoms with E-state index < -0.39 is 5.97 Å². The number of carbonyl (C=O) groups excluding carboxylic acids is 1. The molecule has 1 aliphatic rings. The Balaban J connectivity index is 0.000000357. The molecule has 1 N–H and O–H groups in total. The number of nitrogens with zero attached hydrogens (tertiary/aromatic N) is 1. The fourth-order valence-corrected chi connectivity index (χ4v) is 2.50. The summed E-state index contributed by atoms with van der Waals surface area (Å²) in [4.78, 5) is 14.9. The zero-order valence-corrected chi connectivity index (χ0v) is 11.6. The molecule has 1 fully saturated rings. The molecule has 0 aliphatic carbocycles. The number of carboxylic acid groups (broad SMARTS) is 1. The van der Waals surface area contributed by atoms with Gasteiger partial charge in [0.2, 0.25) is 0 Å². The number of likely N-dealkylation sites (tertiary alicyclic amines) is 1. The highest BCUT2D eigenvalue weighted by Crippen LogP contribution is 2.21. The van der Waals surface area contributed by atoms with Crippen molar-refractivity contribution in [2.24, 2.45) is 0 Å². The van der Waals surface area contributed by atoms with Gasteiger partial charge in [-0.2, -0.15) is 0 Å². The highest BCUT2D eigenvalue weighted by Gasteiger charge is 2.27. The van der Waals surface area contributed by atoms with Gasteiger partial charge in [-0.3, -0.25) is 4.98 Å². The van der Waals surface area contributed by atoms with E-state index in [0.29, 0.717) is 6.04 Å². The Bertz CT molecular complexity index is 414. The van der Waals surface area contributed by atoms with E-state index in [1.54, 1.807) is 4.90 Å². The minimum Gasteiger partial charge on any atom is -0.550 e. The SMILES string of the molecule is CC(=O)[O-].Cc1cc(C)c([C@@H]2CCC[NH+]2C)cn1. The molecule has 2 rings (SSSR count). The maximum absolute atomic E-state index is 8.89. The molecule has 1 aliphatic heterocycles. The lowest BCUT2D eigenvalue weighted by Crippen LogP contribution is -3.07. The van der Waals surface area contributed by atoms with Gasteiger partial charge in [-0.1, -0.05) is 0 Å². The van der Waals surface area contributed by atoms with Crippen molar-refractivity contribution in [2.75, 3.05) is 13.6 Å². The standard InChI is InChI=1S/C12H18N2.C2H4O2/c1-9-7-10(2)13-8-11(9)12-5-4-6-14(12)3;1-2(3)4/h7-8,12H,4-6H2,1-3H3;1H3,(H,3,4)/t12-;/m0./s1. The van der Waals surface area contributed by atoms with Gasteiger partial charge in [-0.05, 0) is 32.4 Å². The molecule has 1 unspecified atom stereocenters. The van der Waals surface area contributed by atoms with Crippen LogP contribution in [0.5, 0.6) is 0 Å². The first kappa shape index (κ1) is 14.6. The van der Waals surface area contributed by atoms with Crippen LogP contribution in [-0.4, -0.2) is 24.5 Å². The third-order valence-electron chi connectivity index (χ3n) is 3.32. The molecule has 0 radical (unpaired) electrons. The highest BCUT2D eigenvalue weighted by atomic mass is 16.4. The molecular formula is C14H22N2O2. The van der Waals surface area contributed by atoms with E-state index in [1.165, 1.54) is 30.5 Å². The molecule has 100 valence electrons. The number of pyridine rings is 1. The molecule has 18 heavy (non-hydrogen) atoms. The van der Waals surface area contributed by atoms with Crippen molar-refractivity contribution < 1.29 is 14.8 Å². The number of hydrogen-bond donors (Lipinski definition) is 1. The summed E-state index contributed by atoms with van der Waals surface area (Å²) in [5.74, 6) is -1.08. The van der Waals surface area contributed by atoms with Crippen LogP contribution in [0.2, 0.25) is 0 Å². The van der Waals surface area contributed by atoms with E-state index in [2.05, 4.69) is 38.1 Å². The van der Waals surface area contributed by atoms with Gasteiger partial charge in [0.05, 0.1) is 13.6 Å². The van der Waals surface area contributed by atoms with Crippen LogP contribution in [0.25, 0.3) is 0 Å². The summed E-state index contributed by atoms with van der Waals surface area (Å²) in [7, 11) is 2.29. The molecule has 0 spiro atoms. The van der Waals surface area contributed by atoms with Crippen LogP contribution in [0, 0.1) is 13.8 Å². The second kappa shape index (κ2) is 6.50. The summed E-state index contributed by atoms with van der Waals surface area (Å²) in [5, 5.41) is 8.89. The first-order valence-electron chi connectivity index (χ1n) is 6.35. The number of quaternary nitrogens is 1. The summed E-state index contributed by atoms with van der Waals surface area (Å²) < 4.78 is 0. The lowest BCUT2D eigenvalue weighted by Gasteiger charge is -2.18. The minimum atomic E-state index is -1.08. The summed E-state index contributed by atoms with van der Waals surface area (Å²) in [6, 6.07) is 2.88. The van der Waals surface area contributed by atoms with Crippen molar-refractivity contribution in [3.63, 3.8) is 0 Å². The van der Waals surface area contributed by atoms with Gasteiger partial charge in [0.15, 0.2) is 0 Å². The smallest absolute Gasteiger partial charge is 0.115 e. The predicted molar refractivity (Wildman–Crippen MR) is 68.1 cm³/mol. The third kappa shape index (κ3) is 4.11. The highest BCUT2D eigenvalue weighted by molar-refractivity contribution is 5.60. The van der Waals surface area contributed by atoms with Gasteiger partial charge < -0.3 is 14.8 Å². The first-order valence-corrected chi connectivity index (χ1v) is 6.35. The average Bonchev–Trinajstić information content (AvgIpc) is 2.64. The second-order valence-corrected chi connectivity index (χ2v) is 4.97. The van der Waals surface area contributed by atoms with Crippen LogP contribution in [0.4, 0.5) is 0 Å². The van der Waals surface area contributed by atoms with Crippen LogP contribution >= 0.6 is 0 Å². The number of nitrogens with one attached hydrogen (secondary N) is 1. The minimum absolute atomic E-state index is 0.683. The van der Waals surface area contributed by atoms with Gasteiger partial charge >= 0.3 is 0 Å². The fraction of sp³-hybridized carbons (Fsp3) is 0.571. The Morgan fingerprint density at radius 3 is 2.56 bits per heavy atom. The van der Waals surface area contributed by atoms with E-state index in [1.807, 2.05) is 0 Å². The topological polar surface area (TPSA) is 57.5 Å². The van der Waals surface area contributed by atoms with Crippen molar-refractivity contribution in [3.8, 4) is 0 Å². The second-order valence-electron chi connectivity index (χ2n) is 4.97. The number of aliphatic carboxylic acids is 1. The lowest BCUT2D eigenvalue weighted by atomic mass is 10.0. The summed E-state index contributed by atoms with van der Waals surface area (Å²) in [6.07, 6.45) is 4.74. The van der Waals surface area contributed by atoms with Crippen LogP contribution in [0.3, 0.4) is 0 Å². The van der Waals surface area contributed by atoms with Crippen molar-refractivity contribution in [3.05, 3.63) is 29.1 Å². The summed E-state index contributed by atoms with van der Waals surface area (Å²) in [5.41, 5.74) is 3.98. The zero-order valence-electron chi connectivity index (χ0n) is 11.6. The van der Waals surface area contributed by atoms with Crippen molar-refractivity contribution in [1.29, 1.82) is 0 Å². The van der Waals surface area contributed by atoms with Crippen LogP contribution in [-0.2, 0) is 4.79 Å². The predicted octanol–water partition coefficient (Wildman–Crippen LogP) is -0.196. The quantitative estimate of drug-likeness (QED) is 0.751. The first-order chi connectivity index (χ1) is 8.41. The van der Waals surface area contributed by atoms with E-state index in [4.69, 9.17) is 9.90 Å². The Morgan fingerprint density at radius 2 is 2.11 bits per heavy atom. The van der Waals surface area contributed by atoms with Gasteiger partial charge in [0, 0.05) is 36.3 Å². The summed E-state index contributed by atoms with van der Waals surface area (Å²) >= 11 is 0. The molecule has 1 aromatic rings. The van der Waals surface area contributed by atoms with E-state index in [0.717, 1.165) is 12.6 Å². The molecule has 2 atom stereocenters. The Hall–Kier alpha value is -1.42. The summed E-state index contributed by atoms with van der Waals surface area (Å²) in [6.45, 7) is 6.54. The monoisotopic (exact) mass is 250 g/mol. The number of rotatable bonds is 1. The number of aryl methyl sites for hydroxylation is 2. The van der Waals surface area contributed by atoms with Crippen LogP contribution < -0.4 is 10.0 Å². The van der Waals surface area contributed by atoms with Crippen LogP contribution in [0.15, 0.2) is 12.3 Å². The third-order valence-corrected chi connectivity index (χ3v) is 3.32. The number of carboxylic acids is 1. The van der Waals surface area contributed by atoms with Gasteiger partial charge in [0.25, 0.3) is 0 Å². The maximum atomic E-state index is 8.89. The van der Waals surface area contributed by atoms with Crippen LogP contribution in [0.1, 0.15) is 42.6 Å². The number of carbonyl (C=O) groups is 1. The van der Waals surface area contributed by atoms with E-state index in [9.17, 15) is 0 Å². The lowest BCUT2D eigenvalue weighted by molar-refractivity contribution is -0.898. The normalized spacial score (nSPS) is 22.2. The largest absolute Gasteiger partial charge is 0.550 e. The van der Waals surface area contributed by atoms with Crippen molar-refractivity contribution in [2.45, 2.75) is 39.7 Å². The maximum Gasteiger partial charge on any atom is 0.115 e. The molecule has 0 bridgehead atoms. The Kier molecular flexibility index (Phi) is 5.28. The van der Waals surface area contributed by atoms with E-state index in [-0.39, 0.29) is 0 Å². The number of aromatic nitrogens is 1. The van der Waals surface area contributed by atoms with Crippen molar-refractivity contribution in [1.82, 2.24) is 4.98 Å². The average molecular weight is 250 g/mol. The molecule has 4 heteroatoms. The van der Waals surface area contributed by atoms with Gasteiger partial charge in [-0.25, -0.2) is 0 Å². The van der Waals surface area contributed by atoms with Crippen molar-refractivity contribution >= 4 is 5.97 Å². The molecule has 0 amide bonds. The van der Waals surface area contributed by atoms with Gasteiger partial charge in [-0.15, -0.1) is 0 Å². The molecule has 0 aromatic carbocycles. The Morgan fingerprint density at radius 1 is 1.50 bits per heavy atom. The van der Waals surface area contributed by atoms with E-state index >= 15 is 0 Å². The number of hydrogen-bond acceptors (Lipinski definition) is 3. The fourth-order valence-electron chi connectivity index (χ4n) is 2.50. The molecule has 0 saturated carbocycles. The zero-order chi connectivity index (χ0) is 13.7. The molecule has 2 heterocycles. The molecule has 1 saturated heterocycles. The molecule has 4 nitrogen and oxygen atoms in total. The molecule has 1 aromatic heterocycles. The molecular weight excluding hydrogens is 228 g/mol. The van der Waals surface area contributed by atoms with Gasteiger partial charge in [0.1, 0.15) is 6.04 Å². The Labute approximate surface area is 109 Å².